The van der Waals surface area contributed by atoms with E-state index in [1.165, 1.54) is 22.6 Å². The zero-order valence-corrected chi connectivity index (χ0v) is 11.9. The maximum absolute atomic E-state index is 2.62. The lowest BCUT2D eigenvalue weighted by molar-refractivity contribution is 1.19. The van der Waals surface area contributed by atoms with Crippen LogP contribution in [0.15, 0.2) is 11.3 Å². The minimum absolute atomic E-state index is 0.968. The average molecular weight is 296 g/mol. The zero-order valence-electron chi connectivity index (χ0n) is 8.78. The van der Waals surface area contributed by atoms with Crippen LogP contribution < -0.4 is 0 Å². The molecule has 0 N–H and O–H groups in total. The molecule has 0 saturated heterocycles. The molecule has 0 aromatic rings. The van der Waals surface area contributed by atoms with Gasteiger partial charge >= 0.3 is 0 Å². The van der Waals surface area contributed by atoms with Gasteiger partial charge in [0.05, 0.1) is 8.07 Å². The molecule has 0 nitrogen and oxygen atoms in total. The summed E-state index contributed by atoms with van der Waals surface area (Å²) in [6, 6.07) is 4.23. The Bertz CT molecular complexity index is 140. The largest absolute Gasteiger partial charge is 0.0945 e. The molecule has 0 heterocycles. The molecule has 0 fully saturated rings. The molecule has 0 aromatic carbocycles. The number of allylic oxidation sites excluding steroid dienone is 1. The van der Waals surface area contributed by atoms with Crippen molar-refractivity contribution in [3.8, 4) is 0 Å². The van der Waals surface area contributed by atoms with Gasteiger partial charge in [-0.05, 0) is 6.92 Å². The van der Waals surface area contributed by atoms with Gasteiger partial charge in [-0.3, -0.25) is 0 Å². The van der Waals surface area contributed by atoms with Gasteiger partial charge in [-0.25, -0.2) is 0 Å². The van der Waals surface area contributed by atoms with Crippen LogP contribution >= 0.6 is 22.6 Å². The van der Waals surface area contributed by atoms with Crippen molar-refractivity contribution in [2.24, 2.45) is 0 Å². The molecule has 0 aliphatic heterocycles. The van der Waals surface area contributed by atoms with Crippen LogP contribution in [0.1, 0.15) is 27.7 Å². The zero-order chi connectivity index (χ0) is 9.61. The van der Waals surface area contributed by atoms with Crippen LogP contribution in [0.3, 0.4) is 0 Å². The molecule has 0 saturated carbocycles. The highest BCUT2D eigenvalue weighted by Gasteiger charge is 2.23. The van der Waals surface area contributed by atoms with E-state index in [1.54, 1.807) is 5.57 Å². The number of hydrogen-bond donors (Lipinski definition) is 0. The van der Waals surface area contributed by atoms with E-state index in [0.717, 1.165) is 0 Å². The Balaban J connectivity index is 4.49. The summed E-state index contributed by atoms with van der Waals surface area (Å²) < 4.78 is 1.20. The summed E-state index contributed by atoms with van der Waals surface area (Å²) in [6.07, 6.45) is 0. The van der Waals surface area contributed by atoms with Gasteiger partial charge in [-0.2, -0.15) is 0 Å². The summed E-state index contributed by atoms with van der Waals surface area (Å²) in [6.45, 7) is 9.34. The number of rotatable bonds is 5. The van der Waals surface area contributed by atoms with Crippen LogP contribution in [0.4, 0.5) is 0 Å². The number of halogens is 1. The Morgan fingerprint density at radius 2 is 1.58 bits per heavy atom. The Morgan fingerprint density at radius 3 is 1.83 bits per heavy atom. The van der Waals surface area contributed by atoms with Crippen LogP contribution in [0.5, 0.6) is 0 Å². The second-order valence-electron chi connectivity index (χ2n) is 3.55. The van der Waals surface area contributed by atoms with Crippen molar-refractivity contribution < 1.29 is 0 Å². The molecule has 0 amide bonds. The van der Waals surface area contributed by atoms with E-state index in [2.05, 4.69) is 56.0 Å². The third-order valence-corrected chi connectivity index (χ3v) is 9.41. The molecule has 0 unspecified atom stereocenters. The number of alkyl halides is 1. The van der Waals surface area contributed by atoms with E-state index in [4.69, 9.17) is 0 Å². The predicted octanol–water partition coefficient (Wildman–Crippen LogP) is 4.42. The highest BCUT2D eigenvalue weighted by Crippen LogP contribution is 2.23. The molecule has 0 atom stereocenters. The predicted molar refractivity (Wildman–Crippen MR) is 69.8 cm³/mol. The Labute approximate surface area is 92.0 Å². The van der Waals surface area contributed by atoms with Crippen molar-refractivity contribution in [2.75, 3.05) is 4.43 Å². The normalized spacial score (nSPS) is 13.6. The van der Waals surface area contributed by atoms with E-state index in [1.807, 2.05) is 0 Å². The molecule has 72 valence electrons. The van der Waals surface area contributed by atoms with Gasteiger partial charge in [0.15, 0.2) is 0 Å². The molecule has 0 aliphatic carbocycles. The van der Waals surface area contributed by atoms with Gasteiger partial charge < -0.3 is 0 Å². The molecule has 12 heavy (non-hydrogen) atoms. The first-order valence-electron chi connectivity index (χ1n) is 4.88. The van der Waals surface area contributed by atoms with Crippen molar-refractivity contribution in [2.45, 2.75) is 45.8 Å². The molecular formula is C10H21ISi. The van der Waals surface area contributed by atoms with Gasteiger partial charge in [0.25, 0.3) is 0 Å². The standard InChI is InChI=1S/C10H21ISi/c1-5-12(6-2,7-3)9-10(4)8-11/h9H,5-8H2,1-4H3. The van der Waals surface area contributed by atoms with E-state index < -0.39 is 8.07 Å². The topological polar surface area (TPSA) is 0 Å². The molecule has 0 aromatic heterocycles. The summed E-state index contributed by atoms with van der Waals surface area (Å²) in [4.78, 5) is 0. The number of hydrogen-bond acceptors (Lipinski definition) is 0. The summed E-state index contributed by atoms with van der Waals surface area (Å²) in [5.41, 5.74) is 4.22. The maximum atomic E-state index is 2.62. The Kier molecular flexibility index (Phi) is 6.54. The first-order valence-corrected chi connectivity index (χ1v) is 9.10. The maximum Gasteiger partial charge on any atom is 0.0769 e. The van der Waals surface area contributed by atoms with Gasteiger partial charge in [0.2, 0.25) is 0 Å². The second kappa shape index (κ2) is 6.19. The highest BCUT2D eigenvalue weighted by molar-refractivity contribution is 14.1. The van der Waals surface area contributed by atoms with Crippen LogP contribution in [-0.4, -0.2) is 12.5 Å². The molecular weight excluding hydrogens is 275 g/mol. The summed E-state index contributed by atoms with van der Waals surface area (Å²) >= 11 is 2.46. The SMILES string of the molecule is CC[Si](C=C(C)CI)(CC)CC. The lowest BCUT2D eigenvalue weighted by atomic mass is 10.4. The lowest BCUT2D eigenvalue weighted by Crippen LogP contribution is -2.29. The van der Waals surface area contributed by atoms with Crippen LogP contribution in [-0.2, 0) is 0 Å². The Hall–Kier alpha value is 0.687. The van der Waals surface area contributed by atoms with Crippen molar-refractivity contribution in [1.82, 2.24) is 0 Å². The van der Waals surface area contributed by atoms with Gasteiger partial charge in [0, 0.05) is 4.43 Å². The molecule has 0 aliphatic rings. The van der Waals surface area contributed by atoms with Crippen LogP contribution in [0, 0.1) is 0 Å². The van der Waals surface area contributed by atoms with Gasteiger partial charge in [-0.1, -0.05) is 72.8 Å². The van der Waals surface area contributed by atoms with Crippen molar-refractivity contribution in [3.63, 3.8) is 0 Å². The smallest absolute Gasteiger partial charge is 0.0769 e. The van der Waals surface area contributed by atoms with Crippen molar-refractivity contribution >= 4 is 30.7 Å². The van der Waals surface area contributed by atoms with Crippen molar-refractivity contribution in [3.05, 3.63) is 11.3 Å². The highest BCUT2D eigenvalue weighted by atomic mass is 127. The van der Waals surface area contributed by atoms with Gasteiger partial charge in [0.1, 0.15) is 0 Å². The molecule has 2 heteroatoms. The minimum Gasteiger partial charge on any atom is -0.0945 e. The van der Waals surface area contributed by atoms with E-state index in [9.17, 15) is 0 Å². The third kappa shape index (κ3) is 3.60. The van der Waals surface area contributed by atoms with Crippen LogP contribution in [0.2, 0.25) is 18.1 Å². The van der Waals surface area contributed by atoms with E-state index in [-0.39, 0.29) is 0 Å². The fourth-order valence-electron chi connectivity index (χ4n) is 1.62. The fourth-order valence-corrected chi connectivity index (χ4v) is 5.51. The molecule has 0 rings (SSSR count). The van der Waals surface area contributed by atoms with Crippen molar-refractivity contribution in [1.29, 1.82) is 0 Å². The molecule has 0 bridgehead atoms. The first kappa shape index (κ1) is 12.7. The van der Waals surface area contributed by atoms with Gasteiger partial charge in [-0.15, -0.1) is 0 Å². The molecule has 0 spiro atoms. The summed E-state index contributed by atoms with van der Waals surface area (Å²) in [5, 5.41) is 0. The monoisotopic (exact) mass is 296 g/mol. The van der Waals surface area contributed by atoms with E-state index in [0.29, 0.717) is 0 Å². The third-order valence-electron chi connectivity index (χ3n) is 2.88. The summed E-state index contributed by atoms with van der Waals surface area (Å²) in [5.74, 6) is 0. The molecule has 0 radical (unpaired) electrons. The second-order valence-corrected chi connectivity index (χ2v) is 9.44. The quantitative estimate of drug-likeness (QED) is 0.400. The van der Waals surface area contributed by atoms with E-state index >= 15 is 0 Å². The minimum atomic E-state index is -0.968. The Morgan fingerprint density at radius 1 is 1.17 bits per heavy atom. The first-order chi connectivity index (χ1) is 5.64. The average Bonchev–Trinajstić information content (AvgIpc) is 2.14. The fraction of sp³-hybridized carbons (Fsp3) is 0.800. The van der Waals surface area contributed by atoms with Crippen LogP contribution in [0.25, 0.3) is 0 Å². The summed E-state index contributed by atoms with van der Waals surface area (Å²) in [7, 11) is -0.968. The lowest BCUT2D eigenvalue weighted by Gasteiger charge is -2.24.